The molecule has 1 heterocycles. The molecular formula is C15H24N2. The summed E-state index contributed by atoms with van der Waals surface area (Å²) in [4.78, 5) is 2.50. The molecule has 0 amide bonds. The van der Waals surface area contributed by atoms with Gasteiger partial charge in [-0.2, -0.15) is 0 Å². The van der Waals surface area contributed by atoms with Crippen LogP contribution >= 0.6 is 0 Å². The Labute approximate surface area is 105 Å². The number of anilines is 1. The average Bonchev–Trinajstić information content (AvgIpc) is 2.60. The normalized spacial score (nSPS) is 19.0. The molecule has 1 aliphatic rings. The van der Waals surface area contributed by atoms with Gasteiger partial charge in [0.1, 0.15) is 0 Å². The van der Waals surface area contributed by atoms with Gasteiger partial charge < -0.3 is 10.6 Å². The summed E-state index contributed by atoms with van der Waals surface area (Å²) in [7, 11) is 0. The van der Waals surface area contributed by atoms with Crippen molar-refractivity contribution in [2.24, 2.45) is 11.1 Å². The molecule has 0 aromatic heterocycles. The van der Waals surface area contributed by atoms with Crippen LogP contribution in [0, 0.1) is 5.41 Å². The number of para-hydroxylation sites is 1. The highest BCUT2D eigenvalue weighted by molar-refractivity contribution is 5.59. The van der Waals surface area contributed by atoms with E-state index in [0.29, 0.717) is 6.04 Å². The van der Waals surface area contributed by atoms with Gasteiger partial charge in [0.2, 0.25) is 0 Å². The standard InChI is InChI=1S/C15H24N2/c1-11(16)14(15(2,3)4)17-10-9-12-7-5-6-8-13(12)17/h5-8,11,14H,9-10,16H2,1-4H3. The van der Waals surface area contributed by atoms with Gasteiger partial charge in [0.05, 0.1) is 0 Å². The number of nitrogens with zero attached hydrogens (tertiary/aromatic N) is 1. The van der Waals surface area contributed by atoms with Gasteiger partial charge in [-0.15, -0.1) is 0 Å². The molecule has 0 saturated carbocycles. The van der Waals surface area contributed by atoms with E-state index in [4.69, 9.17) is 5.73 Å². The maximum Gasteiger partial charge on any atom is 0.0486 e. The summed E-state index contributed by atoms with van der Waals surface area (Å²) >= 11 is 0. The first-order valence-corrected chi connectivity index (χ1v) is 6.51. The fraction of sp³-hybridized carbons (Fsp3) is 0.600. The maximum absolute atomic E-state index is 6.22. The third-order valence-electron chi connectivity index (χ3n) is 3.64. The Morgan fingerprint density at radius 3 is 2.47 bits per heavy atom. The fourth-order valence-electron chi connectivity index (χ4n) is 3.19. The van der Waals surface area contributed by atoms with E-state index in [0.717, 1.165) is 13.0 Å². The molecule has 94 valence electrons. The van der Waals surface area contributed by atoms with Crippen LogP contribution in [0.15, 0.2) is 24.3 Å². The van der Waals surface area contributed by atoms with Crippen molar-refractivity contribution >= 4 is 5.69 Å². The van der Waals surface area contributed by atoms with Gasteiger partial charge >= 0.3 is 0 Å². The van der Waals surface area contributed by atoms with Crippen LogP contribution in [0.2, 0.25) is 0 Å². The minimum atomic E-state index is 0.182. The van der Waals surface area contributed by atoms with Crippen molar-refractivity contribution < 1.29 is 0 Å². The number of hydrogen-bond acceptors (Lipinski definition) is 2. The average molecular weight is 232 g/mol. The van der Waals surface area contributed by atoms with E-state index >= 15 is 0 Å². The SMILES string of the molecule is CC(N)C(N1CCc2ccccc21)C(C)(C)C. The lowest BCUT2D eigenvalue weighted by molar-refractivity contribution is 0.275. The predicted octanol–water partition coefficient (Wildman–Crippen LogP) is 2.81. The van der Waals surface area contributed by atoms with E-state index in [2.05, 4.69) is 56.9 Å². The van der Waals surface area contributed by atoms with E-state index in [1.54, 1.807) is 0 Å². The third-order valence-corrected chi connectivity index (χ3v) is 3.64. The summed E-state index contributed by atoms with van der Waals surface area (Å²) in [5, 5.41) is 0. The molecule has 0 spiro atoms. The summed E-state index contributed by atoms with van der Waals surface area (Å²) in [6.45, 7) is 10.1. The number of hydrogen-bond donors (Lipinski definition) is 1. The first-order chi connectivity index (χ1) is 7.91. The molecule has 2 heteroatoms. The molecule has 0 aliphatic carbocycles. The number of fused-ring (bicyclic) bond motifs is 1. The molecular weight excluding hydrogens is 208 g/mol. The van der Waals surface area contributed by atoms with Crippen molar-refractivity contribution in [3.05, 3.63) is 29.8 Å². The first kappa shape index (κ1) is 12.4. The molecule has 0 saturated heterocycles. The molecule has 1 aromatic carbocycles. The topological polar surface area (TPSA) is 29.3 Å². The zero-order valence-corrected chi connectivity index (χ0v) is 11.4. The quantitative estimate of drug-likeness (QED) is 0.849. The third kappa shape index (κ3) is 2.32. The molecule has 1 aromatic rings. The number of rotatable bonds is 2. The Hall–Kier alpha value is -1.02. The van der Waals surface area contributed by atoms with Crippen molar-refractivity contribution in [3.8, 4) is 0 Å². The molecule has 1 aliphatic heterocycles. The van der Waals surface area contributed by atoms with Gasteiger partial charge in [0, 0.05) is 24.3 Å². The molecule has 0 fully saturated rings. The lowest BCUT2D eigenvalue weighted by Crippen LogP contribution is -2.53. The summed E-state index contributed by atoms with van der Waals surface area (Å²) in [5.74, 6) is 0. The summed E-state index contributed by atoms with van der Waals surface area (Å²) in [5.41, 5.74) is 9.26. The van der Waals surface area contributed by atoms with Crippen LogP contribution in [0.1, 0.15) is 33.3 Å². The second kappa shape index (κ2) is 4.34. The molecule has 17 heavy (non-hydrogen) atoms. The zero-order chi connectivity index (χ0) is 12.6. The monoisotopic (exact) mass is 232 g/mol. The second-order valence-electron chi connectivity index (χ2n) is 6.24. The van der Waals surface area contributed by atoms with E-state index in [-0.39, 0.29) is 11.5 Å². The van der Waals surface area contributed by atoms with Gasteiger partial charge in [0.15, 0.2) is 0 Å². The van der Waals surface area contributed by atoms with Crippen LogP contribution in [-0.2, 0) is 6.42 Å². The minimum Gasteiger partial charge on any atom is -0.366 e. The van der Waals surface area contributed by atoms with Crippen LogP contribution in [0.25, 0.3) is 0 Å². The minimum absolute atomic E-state index is 0.182. The van der Waals surface area contributed by atoms with Crippen molar-refractivity contribution in [2.75, 3.05) is 11.4 Å². The Balaban J connectivity index is 2.35. The van der Waals surface area contributed by atoms with E-state index < -0.39 is 0 Å². The highest BCUT2D eigenvalue weighted by Crippen LogP contribution is 2.36. The highest BCUT2D eigenvalue weighted by Gasteiger charge is 2.36. The lowest BCUT2D eigenvalue weighted by Gasteiger charge is -2.42. The fourth-order valence-corrected chi connectivity index (χ4v) is 3.19. The molecule has 0 radical (unpaired) electrons. The van der Waals surface area contributed by atoms with E-state index in [1.165, 1.54) is 11.3 Å². The summed E-state index contributed by atoms with van der Waals surface area (Å²) < 4.78 is 0. The molecule has 2 nitrogen and oxygen atoms in total. The lowest BCUT2D eigenvalue weighted by atomic mass is 9.82. The second-order valence-corrected chi connectivity index (χ2v) is 6.24. The van der Waals surface area contributed by atoms with Gasteiger partial charge in [-0.3, -0.25) is 0 Å². The maximum atomic E-state index is 6.22. The van der Waals surface area contributed by atoms with Crippen LogP contribution in [-0.4, -0.2) is 18.6 Å². The van der Waals surface area contributed by atoms with Gasteiger partial charge in [-0.25, -0.2) is 0 Å². The summed E-state index contributed by atoms with van der Waals surface area (Å²) in [6.07, 6.45) is 1.15. The smallest absolute Gasteiger partial charge is 0.0486 e. The first-order valence-electron chi connectivity index (χ1n) is 6.51. The molecule has 2 unspecified atom stereocenters. The predicted molar refractivity (Wildman–Crippen MR) is 74.4 cm³/mol. The van der Waals surface area contributed by atoms with E-state index in [1.807, 2.05) is 0 Å². The van der Waals surface area contributed by atoms with Crippen LogP contribution < -0.4 is 10.6 Å². The molecule has 2 N–H and O–H groups in total. The number of benzene rings is 1. The molecule has 2 atom stereocenters. The van der Waals surface area contributed by atoms with Crippen molar-refractivity contribution in [1.82, 2.24) is 0 Å². The highest BCUT2D eigenvalue weighted by atomic mass is 15.2. The van der Waals surface area contributed by atoms with Crippen LogP contribution in [0.5, 0.6) is 0 Å². The Kier molecular flexibility index (Phi) is 3.17. The van der Waals surface area contributed by atoms with Gasteiger partial charge in [-0.1, -0.05) is 39.0 Å². The Morgan fingerprint density at radius 2 is 1.88 bits per heavy atom. The largest absolute Gasteiger partial charge is 0.366 e. The van der Waals surface area contributed by atoms with Crippen molar-refractivity contribution in [1.29, 1.82) is 0 Å². The Morgan fingerprint density at radius 1 is 1.24 bits per heavy atom. The van der Waals surface area contributed by atoms with Gasteiger partial charge in [-0.05, 0) is 30.4 Å². The van der Waals surface area contributed by atoms with E-state index in [9.17, 15) is 0 Å². The van der Waals surface area contributed by atoms with Crippen molar-refractivity contribution in [3.63, 3.8) is 0 Å². The van der Waals surface area contributed by atoms with Crippen LogP contribution in [0.4, 0.5) is 5.69 Å². The molecule has 2 rings (SSSR count). The van der Waals surface area contributed by atoms with Crippen LogP contribution in [0.3, 0.4) is 0 Å². The zero-order valence-electron chi connectivity index (χ0n) is 11.4. The summed E-state index contributed by atoms with van der Waals surface area (Å²) in [6, 6.07) is 9.28. The van der Waals surface area contributed by atoms with Gasteiger partial charge in [0.25, 0.3) is 0 Å². The Bertz CT molecular complexity index is 390. The number of nitrogens with two attached hydrogens (primary N) is 1. The van der Waals surface area contributed by atoms with Crippen molar-refractivity contribution in [2.45, 2.75) is 46.2 Å². The molecule has 0 bridgehead atoms.